The van der Waals surface area contributed by atoms with Gasteiger partial charge in [-0.25, -0.2) is 8.42 Å². The standard InChI is InChI=1S/C25H35N5O5S/c26-25(27)29-12-9-18(10-13-29)16-35-17-21-6-3-11-30(21)24(32)23(15-31)28-36(33,34)22-8-7-19-4-1-2-5-20(19)14-22/h1-2,4-5,7-8,14,18,21,23,28,31H,3,6,9-13,15-17H2,(H3,26,27)/t21-,23-/m0/s1. The number of aliphatic hydroxyl groups is 1. The Morgan fingerprint density at radius 2 is 1.83 bits per heavy atom. The maximum Gasteiger partial charge on any atom is 0.243 e. The van der Waals surface area contributed by atoms with E-state index in [1.54, 1.807) is 17.0 Å². The molecule has 10 nitrogen and oxygen atoms in total. The molecule has 0 radical (unpaired) electrons. The minimum Gasteiger partial charge on any atom is -0.394 e. The van der Waals surface area contributed by atoms with Crippen molar-refractivity contribution in [3.8, 4) is 0 Å². The fourth-order valence-electron chi connectivity index (χ4n) is 4.97. The summed E-state index contributed by atoms with van der Waals surface area (Å²) in [6.07, 6.45) is 3.36. The van der Waals surface area contributed by atoms with Crippen LogP contribution in [0.2, 0.25) is 0 Å². The summed E-state index contributed by atoms with van der Waals surface area (Å²) in [5.41, 5.74) is 5.55. The third-order valence-corrected chi connectivity index (χ3v) is 8.56. The van der Waals surface area contributed by atoms with Gasteiger partial charge in [0.25, 0.3) is 0 Å². The Morgan fingerprint density at radius 1 is 1.11 bits per heavy atom. The van der Waals surface area contributed by atoms with Crippen LogP contribution in [-0.4, -0.2) is 86.7 Å². The van der Waals surface area contributed by atoms with Crippen LogP contribution in [0.4, 0.5) is 0 Å². The molecule has 0 aromatic heterocycles. The summed E-state index contributed by atoms with van der Waals surface area (Å²) in [5.74, 6) is 0.0389. The molecule has 2 aliphatic heterocycles. The highest BCUT2D eigenvalue weighted by atomic mass is 32.2. The Balaban J connectivity index is 1.33. The van der Waals surface area contributed by atoms with Gasteiger partial charge in [0.05, 0.1) is 24.2 Å². The Bertz CT molecular complexity index is 1180. The highest BCUT2D eigenvalue weighted by molar-refractivity contribution is 7.89. The number of amides is 1. The molecule has 36 heavy (non-hydrogen) atoms. The average Bonchev–Trinajstić information content (AvgIpc) is 3.35. The summed E-state index contributed by atoms with van der Waals surface area (Å²) in [4.78, 5) is 16.7. The number of ether oxygens (including phenoxy) is 1. The number of nitrogens with zero attached hydrogens (tertiary/aromatic N) is 2. The van der Waals surface area contributed by atoms with Gasteiger partial charge in [-0.2, -0.15) is 4.72 Å². The number of likely N-dealkylation sites (tertiary alicyclic amines) is 2. The van der Waals surface area contributed by atoms with E-state index in [2.05, 4.69) is 4.72 Å². The first-order valence-electron chi connectivity index (χ1n) is 12.4. The summed E-state index contributed by atoms with van der Waals surface area (Å²) < 4.78 is 34.4. The van der Waals surface area contributed by atoms with Crippen molar-refractivity contribution in [3.63, 3.8) is 0 Å². The molecule has 2 heterocycles. The van der Waals surface area contributed by atoms with Gasteiger partial charge >= 0.3 is 0 Å². The molecule has 0 unspecified atom stereocenters. The zero-order valence-electron chi connectivity index (χ0n) is 20.3. The summed E-state index contributed by atoms with van der Waals surface area (Å²) >= 11 is 0. The molecule has 0 saturated carbocycles. The molecule has 0 bridgehead atoms. The highest BCUT2D eigenvalue weighted by Gasteiger charge is 2.35. The number of fused-ring (bicyclic) bond motifs is 1. The minimum absolute atomic E-state index is 0.0459. The Hall–Kier alpha value is -2.73. The van der Waals surface area contributed by atoms with E-state index in [-0.39, 0.29) is 16.9 Å². The molecule has 0 aliphatic carbocycles. The molecule has 1 amide bonds. The molecule has 2 saturated heterocycles. The lowest BCUT2D eigenvalue weighted by molar-refractivity contribution is -0.136. The maximum atomic E-state index is 13.2. The molecule has 2 aromatic carbocycles. The lowest BCUT2D eigenvalue weighted by atomic mass is 9.98. The third kappa shape index (κ3) is 6.15. The number of carbonyl (C=O) groups is 1. The van der Waals surface area contributed by atoms with Crippen LogP contribution in [0.1, 0.15) is 25.7 Å². The summed E-state index contributed by atoms with van der Waals surface area (Å²) in [5, 5.41) is 19.1. The van der Waals surface area contributed by atoms with Gasteiger partial charge in [-0.1, -0.05) is 30.3 Å². The largest absolute Gasteiger partial charge is 0.394 e. The molecule has 0 spiro atoms. The van der Waals surface area contributed by atoms with Crippen molar-refractivity contribution in [1.82, 2.24) is 14.5 Å². The zero-order chi connectivity index (χ0) is 25.7. The lowest BCUT2D eigenvalue weighted by Crippen LogP contribution is -2.52. The van der Waals surface area contributed by atoms with Crippen molar-refractivity contribution in [2.45, 2.75) is 42.7 Å². The molecule has 2 aliphatic rings. The fraction of sp³-hybridized carbons (Fsp3) is 0.520. The van der Waals surface area contributed by atoms with Crippen molar-refractivity contribution in [1.29, 1.82) is 5.41 Å². The van der Waals surface area contributed by atoms with Crippen molar-refractivity contribution >= 4 is 32.7 Å². The van der Waals surface area contributed by atoms with Gasteiger partial charge in [-0.15, -0.1) is 0 Å². The van der Waals surface area contributed by atoms with Crippen molar-refractivity contribution in [3.05, 3.63) is 42.5 Å². The van der Waals surface area contributed by atoms with Crippen LogP contribution in [-0.2, 0) is 19.6 Å². The number of sulfonamides is 1. The van der Waals surface area contributed by atoms with Crippen LogP contribution in [0.25, 0.3) is 10.8 Å². The van der Waals surface area contributed by atoms with Gasteiger partial charge in [0, 0.05) is 26.2 Å². The fourth-order valence-corrected chi connectivity index (χ4v) is 6.18. The second-order valence-corrected chi connectivity index (χ2v) is 11.3. The van der Waals surface area contributed by atoms with Crippen molar-refractivity contribution in [2.24, 2.45) is 11.7 Å². The van der Waals surface area contributed by atoms with E-state index < -0.39 is 28.6 Å². The number of hydrogen-bond acceptors (Lipinski definition) is 6. The van der Waals surface area contributed by atoms with Gasteiger partial charge in [0.2, 0.25) is 15.9 Å². The first-order chi connectivity index (χ1) is 17.3. The van der Waals surface area contributed by atoms with Gasteiger partial charge in [-0.3, -0.25) is 10.2 Å². The second-order valence-electron chi connectivity index (χ2n) is 9.55. The molecular formula is C25H35N5O5S. The van der Waals surface area contributed by atoms with Crippen LogP contribution in [0, 0.1) is 11.3 Å². The number of aliphatic hydroxyl groups excluding tert-OH is 1. The average molecular weight is 518 g/mol. The van der Waals surface area contributed by atoms with Crippen LogP contribution in [0.5, 0.6) is 0 Å². The van der Waals surface area contributed by atoms with E-state index in [4.69, 9.17) is 15.9 Å². The SMILES string of the molecule is N=C(N)N1CCC(COC[C@@H]2CCCN2C(=O)[C@H](CO)NS(=O)(=O)c2ccc3ccccc3c2)CC1. The Kier molecular flexibility index (Phi) is 8.45. The topological polar surface area (TPSA) is 149 Å². The van der Waals surface area contributed by atoms with Gasteiger partial charge in [0.15, 0.2) is 5.96 Å². The zero-order valence-corrected chi connectivity index (χ0v) is 21.1. The van der Waals surface area contributed by atoms with Crippen LogP contribution < -0.4 is 10.5 Å². The number of nitrogens with one attached hydrogen (secondary N) is 2. The lowest BCUT2D eigenvalue weighted by Gasteiger charge is -2.32. The molecule has 2 atom stereocenters. The second kappa shape index (κ2) is 11.5. The predicted octanol–water partition coefficient (Wildman–Crippen LogP) is 1.09. The molecule has 2 aromatic rings. The molecule has 11 heteroatoms. The molecular weight excluding hydrogens is 482 g/mol. The van der Waals surface area contributed by atoms with Crippen molar-refractivity contribution < 1.29 is 23.1 Å². The normalized spacial score (nSPS) is 20.1. The van der Waals surface area contributed by atoms with Crippen LogP contribution in [0.3, 0.4) is 0 Å². The van der Waals surface area contributed by atoms with Crippen molar-refractivity contribution in [2.75, 3.05) is 39.5 Å². The number of carbonyl (C=O) groups excluding carboxylic acids is 1. The number of guanidine groups is 1. The Labute approximate surface area is 212 Å². The number of rotatable bonds is 9. The number of hydrogen-bond donors (Lipinski definition) is 4. The molecule has 4 rings (SSSR count). The van der Waals surface area contributed by atoms with E-state index in [0.29, 0.717) is 25.7 Å². The quantitative estimate of drug-likeness (QED) is 0.287. The van der Waals surface area contributed by atoms with Crippen LogP contribution in [0.15, 0.2) is 47.4 Å². The van der Waals surface area contributed by atoms with E-state index in [0.717, 1.165) is 49.5 Å². The van der Waals surface area contributed by atoms with E-state index >= 15 is 0 Å². The predicted molar refractivity (Wildman–Crippen MR) is 137 cm³/mol. The number of benzene rings is 2. The maximum absolute atomic E-state index is 13.2. The monoisotopic (exact) mass is 517 g/mol. The molecule has 2 fully saturated rings. The number of piperidine rings is 1. The minimum atomic E-state index is -4.01. The van der Waals surface area contributed by atoms with E-state index in [1.165, 1.54) is 6.07 Å². The van der Waals surface area contributed by atoms with E-state index in [9.17, 15) is 18.3 Å². The first-order valence-corrected chi connectivity index (χ1v) is 13.9. The first kappa shape index (κ1) is 26.3. The smallest absolute Gasteiger partial charge is 0.243 e. The van der Waals surface area contributed by atoms with Gasteiger partial charge < -0.3 is 25.4 Å². The summed E-state index contributed by atoms with van der Waals surface area (Å²) in [6.45, 7) is 2.29. The summed E-state index contributed by atoms with van der Waals surface area (Å²) in [7, 11) is -4.01. The highest BCUT2D eigenvalue weighted by Crippen LogP contribution is 2.23. The summed E-state index contributed by atoms with van der Waals surface area (Å²) in [6, 6.07) is 10.8. The Morgan fingerprint density at radius 3 is 2.53 bits per heavy atom. The molecule has 196 valence electrons. The number of nitrogens with two attached hydrogens (primary N) is 1. The molecule has 5 N–H and O–H groups in total. The third-order valence-electron chi connectivity index (χ3n) is 7.09. The van der Waals surface area contributed by atoms with Gasteiger partial charge in [0.1, 0.15) is 6.04 Å². The van der Waals surface area contributed by atoms with Crippen LogP contribution >= 0.6 is 0 Å². The van der Waals surface area contributed by atoms with E-state index in [1.807, 2.05) is 29.2 Å². The van der Waals surface area contributed by atoms with Gasteiger partial charge in [-0.05, 0) is 54.5 Å².